The van der Waals surface area contributed by atoms with Gasteiger partial charge in [0.05, 0.1) is 10.6 Å². The molecule has 108 valence electrons. The Kier molecular flexibility index (Phi) is 5.17. The van der Waals surface area contributed by atoms with Crippen LogP contribution in [0.15, 0.2) is 36.5 Å². The Labute approximate surface area is 135 Å². The number of esters is 1. The quantitative estimate of drug-likeness (QED) is 0.476. The van der Waals surface area contributed by atoms with Crippen molar-refractivity contribution in [2.45, 2.75) is 0 Å². The Morgan fingerprint density at radius 2 is 1.86 bits per heavy atom. The molecule has 0 aliphatic rings. The number of aromatic nitrogens is 1. The molecule has 0 fully saturated rings. The highest BCUT2D eigenvalue weighted by atomic mass is 35.5. The third-order valence-corrected chi connectivity index (χ3v) is 3.28. The zero-order chi connectivity index (χ0) is 15.4. The second-order valence-corrected chi connectivity index (χ2v) is 5.22. The smallest absolute Gasteiger partial charge is 0.338 e. The van der Waals surface area contributed by atoms with Crippen LogP contribution in [0.1, 0.15) is 20.7 Å². The number of Topliss-reactive ketones (excluding diaryl/α,β-unsaturated/α-hetero) is 1. The minimum Gasteiger partial charge on any atom is -0.454 e. The van der Waals surface area contributed by atoms with Crippen LogP contribution in [-0.2, 0) is 4.74 Å². The van der Waals surface area contributed by atoms with Crippen LogP contribution in [0.4, 0.5) is 0 Å². The van der Waals surface area contributed by atoms with Crippen LogP contribution < -0.4 is 0 Å². The van der Waals surface area contributed by atoms with Crippen LogP contribution in [0.2, 0.25) is 15.2 Å². The molecule has 0 saturated carbocycles. The third kappa shape index (κ3) is 4.17. The molecule has 0 aliphatic heterocycles. The van der Waals surface area contributed by atoms with Crippen molar-refractivity contribution < 1.29 is 14.3 Å². The van der Waals surface area contributed by atoms with Gasteiger partial charge in [0.25, 0.3) is 0 Å². The van der Waals surface area contributed by atoms with Crippen molar-refractivity contribution in [3.63, 3.8) is 0 Å². The third-order valence-electron chi connectivity index (χ3n) is 2.53. The fourth-order valence-electron chi connectivity index (χ4n) is 1.54. The lowest BCUT2D eigenvalue weighted by Gasteiger charge is -2.06. The Balaban J connectivity index is 2.02. The SMILES string of the molecule is O=C(OCC(=O)c1ccc(Cl)cc1Cl)c1ccnc(Cl)c1. The van der Waals surface area contributed by atoms with Gasteiger partial charge in [-0.05, 0) is 30.3 Å². The lowest BCUT2D eigenvalue weighted by molar-refractivity contribution is 0.0474. The van der Waals surface area contributed by atoms with Gasteiger partial charge in [0.1, 0.15) is 5.15 Å². The molecule has 7 heteroatoms. The molecule has 21 heavy (non-hydrogen) atoms. The van der Waals surface area contributed by atoms with Gasteiger partial charge in [-0.15, -0.1) is 0 Å². The molecule has 2 aromatic rings. The summed E-state index contributed by atoms with van der Waals surface area (Å²) in [5, 5.41) is 0.784. The summed E-state index contributed by atoms with van der Waals surface area (Å²) in [5.41, 5.74) is 0.451. The molecule has 0 unspecified atom stereocenters. The van der Waals surface area contributed by atoms with Gasteiger partial charge in [-0.2, -0.15) is 0 Å². The molecule has 1 heterocycles. The number of pyridine rings is 1. The molecule has 0 radical (unpaired) electrons. The standard InChI is InChI=1S/C14H8Cl3NO3/c15-9-1-2-10(11(16)6-9)12(19)7-21-14(20)8-3-4-18-13(17)5-8/h1-6H,7H2. The maximum absolute atomic E-state index is 11.9. The molecule has 0 amide bonds. The van der Waals surface area contributed by atoms with Crippen molar-refractivity contribution in [2.24, 2.45) is 0 Å². The van der Waals surface area contributed by atoms with E-state index in [0.29, 0.717) is 5.02 Å². The van der Waals surface area contributed by atoms with Crippen molar-refractivity contribution in [1.82, 2.24) is 4.98 Å². The highest BCUT2D eigenvalue weighted by Gasteiger charge is 2.15. The topological polar surface area (TPSA) is 56.3 Å². The number of hydrogen-bond acceptors (Lipinski definition) is 4. The highest BCUT2D eigenvalue weighted by molar-refractivity contribution is 6.36. The van der Waals surface area contributed by atoms with E-state index in [0.717, 1.165) is 0 Å². The van der Waals surface area contributed by atoms with E-state index in [1.54, 1.807) is 0 Å². The highest BCUT2D eigenvalue weighted by Crippen LogP contribution is 2.21. The van der Waals surface area contributed by atoms with E-state index in [1.165, 1.54) is 36.5 Å². The van der Waals surface area contributed by atoms with Gasteiger partial charge < -0.3 is 4.74 Å². The summed E-state index contributed by atoms with van der Waals surface area (Å²) in [7, 11) is 0. The van der Waals surface area contributed by atoms with E-state index in [-0.39, 0.29) is 21.3 Å². The largest absolute Gasteiger partial charge is 0.454 e. The lowest BCUT2D eigenvalue weighted by Crippen LogP contribution is -2.14. The van der Waals surface area contributed by atoms with Crippen LogP contribution in [0.5, 0.6) is 0 Å². The zero-order valence-electron chi connectivity index (χ0n) is 10.5. The number of halogens is 3. The minimum absolute atomic E-state index is 0.163. The van der Waals surface area contributed by atoms with E-state index in [9.17, 15) is 9.59 Å². The monoisotopic (exact) mass is 343 g/mol. The average molecular weight is 345 g/mol. The molecule has 4 nitrogen and oxygen atoms in total. The lowest BCUT2D eigenvalue weighted by atomic mass is 10.1. The normalized spacial score (nSPS) is 10.2. The van der Waals surface area contributed by atoms with E-state index < -0.39 is 18.4 Å². The molecule has 0 bridgehead atoms. The second-order valence-electron chi connectivity index (χ2n) is 3.99. The Morgan fingerprint density at radius 3 is 2.52 bits per heavy atom. The van der Waals surface area contributed by atoms with E-state index >= 15 is 0 Å². The molecule has 0 saturated heterocycles. The first-order chi connectivity index (χ1) is 9.97. The zero-order valence-corrected chi connectivity index (χ0v) is 12.7. The van der Waals surface area contributed by atoms with Crippen LogP contribution in [-0.4, -0.2) is 23.3 Å². The van der Waals surface area contributed by atoms with Gasteiger partial charge in [0.2, 0.25) is 5.78 Å². The van der Waals surface area contributed by atoms with Crippen LogP contribution in [0.3, 0.4) is 0 Å². The van der Waals surface area contributed by atoms with Crippen molar-refractivity contribution in [3.05, 3.63) is 62.9 Å². The maximum atomic E-state index is 11.9. The summed E-state index contributed by atoms with van der Waals surface area (Å²) < 4.78 is 4.92. The fourth-order valence-corrected chi connectivity index (χ4v) is 2.23. The van der Waals surface area contributed by atoms with E-state index in [4.69, 9.17) is 39.5 Å². The number of ketones is 1. The number of benzene rings is 1. The van der Waals surface area contributed by atoms with Crippen LogP contribution in [0.25, 0.3) is 0 Å². The van der Waals surface area contributed by atoms with Gasteiger partial charge >= 0.3 is 5.97 Å². The number of ether oxygens (including phenoxy) is 1. The molecule has 0 spiro atoms. The van der Waals surface area contributed by atoms with E-state index in [1.807, 2.05) is 0 Å². The van der Waals surface area contributed by atoms with Crippen molar-refractivity contribution in [1.29, 1.82) is 0 Å². The molecule has 2 rings (SSSR count). The number of rotatable bonds is 4. The summed E-state index contributed by atoms with van der Waals surface area (Å²) in [6, 6.07) is 7.24. The minimum atomic E-state index is -0.669. The Bertz CT molecular complexity index is 704. The van der Waals surface area contributed by atoms with E-state index in [2.05, 4.69) is 4.98 Å². The molecular weight excluding hydrogens is 337 g/mol. The summed E-state index contributed by atoms with van der Waals surface area (Å²) in [6.45, 7) is -0.430. The number of nitrogens with zero attached hydrogens (tertiary/aromatic N) is 1. The summed E-state index contributed by atoms with van der Waals surface area (Å²) >= 11 is 17.3. The van der Waals surface area contributed by atoms with Gasteiger partial charge in [-0.1, -0.05) is 34.8 Å². The van der Waals surface area contributed by atoms with Crippen molar-refractivity contribution >= 4 is 46.6 Å². The van der Waals surface area contributed by atoms with Gasteiger partial charge in [-0.25, -0.2) is 9.78 Å². The average Bonchev–Trinajstić information content (AvgIpc) is 2.44. The van der Waals surface area contributed by atoms with Gasteiger partial charge in [0.15, 0.2) is 6.61 Å². The number of hydrogen-bond donors (Lipinski definition) is 0. The number of carbonyl (C=O) groups is 2. The molecular formula is C14H8Cl3NO3. The van der Waals surface area contributed by atoms with Gasteiger partial charge in [-0.3, -0.25) is 4.79 Å². The first kappa shape index (κ1) is 15.8. The first-order valence-electron chi connectivity index (χ1n) is 5.74. The van der Waals surface area contributed by atoms with Crippen molar-refractivity contribution in [3.8, 4) is 0 Å². The maximum Gasteiger partial charge on any atom is 0.338 e. The Morgan fingerprint density at radius 1 is 1.10 bits per heavy atom. The van der Waals surface area contributed by atoms with Crippen molar-refractivity contribution in [2.75, 3.05) is 6.61 Å². The molecule has 0 N–H and O–H groups in total. The molecule has 0 atom stereocenters. The summed E-state index contributed by atoms with van der Waals surface area (Å²) in [6.07, 6.45) is 1.37. The fraction of sp³-hybridized carbons (Fsp3) is 0.0714. The van der Waals surface area contributed by atoms with Crippen LogP contribution >= 0.6 is 34.8 Å². The molecule has 1 aromatic carbocycles. The van der Waals surface area contributed by atoms with Crippen LogP contribution in [0, 0.1) is 0 Å². The second kappa shape index (κ2) is 6.89. The predicted octanol–water partition coefficient (Wildman–Crippen LogP) is 4.08. The molecule has 1 aromatic heterocycles. The van der Waals surface area contributed by atoms with Gasteiger partial charge in [0, 0.05) is 16.8 Å². The predicted molar refractivity (Wildman–Crippen MR) is 80.3 cm³/mol. The Hall–Kier alpha value is -1.62. The first-order valence-corrected chi connectivity index (χ1v) is 6.87. The summed E-state index contributed by atoms with van der Waals surface area (Å²) in [5.74, 6) is -1.09. The molecule has 0 aliphatic carbocycles. The summed E-state index contributed by atoms with van der Waals surface area (Å²) in [4.78, 5) is 27.4. The number of carbonyl (C=O) groups excluding carboxylic acids is 2.